The van der Waals surface area contributed by atoms with Gasteiger partial charge < -0.3 is 25.6 Å². The number of hydrogen-bond donors (Lipinski definition) is 3. The Morgan fingerprint density at radius 2 is 1.85 bits per heavy atom. The van der Waals surface area contributed by atoms with Crippen molar-refractivity contribution >= 4 is 23.6 Å². The molecule has 6 atom stereocenters. The van der Waals surface area contributed by atoms with E-state index in [1.54, 1.807) is 33.0 Å². The van der Waals surface area contributed by atoms with Crippen LogP contribution in [-0.4, -0.2) is 77.6 Å². The molecule has 0 spiro atoms. The summed E-state index contributed by atoms with van der Waals surface area (Å²) in [5.41, 5.74) is -1.46. The molecule has 39 heavy (non-hydrogen) atoms. The summed E-state index contributed by atoms with van der Waals surface area (Å²) in [6, 6.07) is -1.87. The minimum atomic E-state index is -5.24. The number of hydrogen-bond acceptors (Lipinski definition) is 6. The van der Waals surface area contributed by atoms with Crippen LogP contribution in [-0.2, 0) is 23.9 Å². The first-order chi connectivity index (χ1) is 17.8. The second kappa shape index (κ2) is 12.1. The monoisotopic (exact) mass is 559 g/mol. The molecule has 2 aliphatic rings. The minimum absolute atomic E-state index is 0.0218. The van der Waals surface area contributed by atoms with Gasteiger partial charge in [-0.15, -0.1) is 0 Å². The SMILES string of the molecule is CC(OC(C)(C)C)C(NC(=O)C(F)(F)F)C(=O)N1CC(C)(C)C(C)C1C(=O)NC(C#N)CC1CCCNC1=O. The third-order valence-corrected chi connectivity index (χ3v) is 7.38. The first-order valence-electron chi connectivity index (χ1n) is 13.1. The molecular formula is C26H40F3N5O5. The van der Waals surface area contributed by atoms with Gasteiger partial charge in [0.1, 0.15) is 18.1 Å². The molecule has 0 aromatic heterocycles. The van der Waals surface area contributed by atoms with Crippen molar-refractivity contribution in [2.75, 3.05) is 13.1 Å². The second-order valence-electron chi connectivity index (χ2n) is 12.1. The normalized spacial score (nSPS) is 25.6. The van der Waals surface area contributed by atoms with E-state index in [4.69, 9.17) is 4.74 Å². The van der Waals surface area contributed by atoms with Gasteiger partial charge in [-0.1, -0.05) is 20.8 Å². The molecule has 0 aromatic rings. The van der Waals surface area contributed by atoms with Crippen LogP contribution in [0.2, 0.25) is 0 Å². The maximum Gasteiger partial charge on any atom is 0.471 e. The number of likely N-dealkylation sites (tertiary alicyclic amines) is 1. The highest BCUT2D eigenvalue weighted by Crippen LogP contribution is 2.40. The molecule has 13 heteroatoms. The van der Waals surface area contributed by atoms with Crippen molar-refractivity contribution < 1.29 is 37.1 Å². The molecule has 10 nitrogen and oxygen atoms in total. The second-order valence-corrected chi connectivity index (χ2v) is 12.1. The minimum Gasteiger partial charge on any atom is -0.370 e. The highest BCUT2D eigenvalue weighted by molar-refractivity contribution is 5.94. The van der Waals surface area contributed by atoms with Gasteiger partial charge in [0.2, 0.25) is 17.7 Å². The number of piperidine rings is 1. The van der Waals surface area contributed by atoms with Gasteiger partial charge in [-0.2, -0.15) is 18.4 Å². The molecule has 2 rings (SSSR count). The van der Waals surface area contributed by atoms with Crippen LogP contribution in [0.5, 0.6) is 0 Å². The van der Waals surface area contributed by atoms with Crippen molar-refractivity contribution in [2.45, 2.75) is 104 Å². The predicted octanol–water partition coefficient (Wildman–Crippen LogP) is 2.03. The Balaban J connectivity index is 2.34. The van der Waals surface area contributed by atoms with Gasteiger partial charge >= 0.3 is 12.1 Å². The number of carbonyl (C=O) groups is 4. The zero-order valence-electron chi connectivity index (χ0n) is 23.6. The van der Waals surface area contributed by atoms with Crippen LogP contribution in [0.25, 0.3) is 0 Å². The molecule has 3 N–H and O–H groups in total. The molecular weight excluding hydrogens is 519 g/mol. The summed E-state index contributed by atoms with van der Waals surface area (Å²) in [4.78, 5) is 52.4. The summed E-state index contributed by atoms with van der Waals surface area (Å²) >= 11 is 0. The van der Waals surface area contributed by atoms with Gasteiger partial charge in [0.15, 0.2) is 0 Å². The van der Waals surface area contributed by atoms with Crippen molar-refractivity contribution in [2.24, 2.45) is 17.3 Å². The molecule has 0 radical (unpaired) electrons. The topological polar surface area (TPSA) is 141 Å². The van der Waals surface area contributed by atoms with E-state index in [0.717, 1.165) is 11.3 Å². The number of amides is 4. The number of carbonyl (C=O) groups excluding carboxylic acids is 4. The summed E-state index contributed by atoms with van der Waals surface area (Å²) in [6.07, 6.45) is -4.99. The van der Waals surface area contributed by atoms with Gasteiger partial charge in [-0.3, -0.25) is 19.2 Å². The van der Waals surface area contributed by atoms with Crippen molar-refractivity contribution in [3.05, 3.63) is 0 Å². The zero-order valence-corrected chi connectivity index (χ0v) is 23.6. The van der Waals surface area contributed by atoms with Gasteiger partial charge in [-0.25, -0.2) is 0 Å². The van der Waals surface area contributed by atoms with E-state index < -0.39 is 71.0 Å². The third kappa shape index (κ3) is 8.30. The number of alkyl halides is 3. The lowest BCUT2D eigenvalue weighted by molar-refractivity contribution is -0.177. The lowest BCUT2D eigenvalue weighted by atomic mass is 9.80. The highest BCUT2D eigenvalue weighted by Gasteiger charge is 2.52. The summed E-state index contributed by atoms with van der Waals surface area (Å²) in [7, 11) is 0. The third-order valence-electron chi connectivity index (χ3n) is 7.38. The predicted molar refractivity (Wildman–Crippen MR) is 135 cm³/mol. The van der Waals surface area contributed by atoms with Gasteiger partial charge in [0.25, 0.3) is 0 Å². The summed E-state index contributed by atoms with van der Waals surface area (Å²) in [6.45, 7) is 12.3. The van der Waals surface area contributed by atoms with Crippen LogP contribution in [0.1, 0.15) is 67.7 Å². The average molecular weight is 560 g/mol. The highest BCUT2D eigenvalue weighted by atomic mass is 19.4. The van der Waals surface area contributed by atoms with Gasteiger partial charge in [-0.05, 0) is 58.3 Å². The zero-order chi connectivity index (χ0) is 29.9. The fraction of sp³-hybridized carbons (Fsp3) is 0.808. The molecule has 2 aliphatic heterocycles. The first-order valence-corrected chi connectivity index (χ1v) is 13.1. The quantitative estimate of drug-likeness (QED) is 0.416. The number of nitriles is 1. The fourth-order valence-electron chi connectivity index (χ4n) is 5.12. The Hall–Kier alpha value is -2.88. The molecule has 4 amide bonds. The summed E-state index contributed by atoms with van der Waals surface area (Å²) in [5.74, 6) is -4.95. The standard InChI is InChI=1S/C26H40F3N5O5/c1-14-19(21(36)32-17(12-30)11-16-9-8-10-31-20(16)35)34(13-25(14,6)7)22(37)18(15(2)39-24(3,4)5)33-23(38)26(27,28)29/h14-19H,8-11,13H2,1-7H3,(H,31,35)(H,32,36)(H,33,38). The van der Waals surface area contributed by atoms with Crippen LogP contribution in [0.15, 0.2) is 0 Å². The Bertz CT molecular complexity index is 988. The number of halogens is 3. The number of rotatable bonds is 8. The van der Waals surface area contributed by atoms with E-state index in [9.17, 15) is 37.6 Å². The van der Waals surface area contributed by atoms with Crippen LogP contribution in [0, 0.1) is 28.6 Å². The molecule has 6 unspecified atom stereocenters. The van der Waals surface area contributed by atoms with E-state index in [2.05, 4.69) is 10.6 Å². The van der Waals surface area contributed by atoms with Crippen LogP contribution in [0.3, 0.4) is 0 Å². The summed E-state index contributed by atoms with van der Waals surface area (Å²) in [5, 5.41) is 16.8. The van der Waals surface area contributed by atoms with Gasteiger partial charge in [0, 0.05) is 19.0 Å². The maximum atomic E-state index is 13.8. The maximum absolute atomic E-state index is 13.8. The van der Waals surface area contributed by atoms with Crippen molar-refractivity contribution in [3.8, 4) is 6.07 Å². The summed E-state index contributed by atoms with van der Waals surface area (Å²) < 4.78 is 45.2. The van der Waals surface area contributed by atoms with E-state index in [1.165, 1.54) is 6.92 Å². The molecule has 2 fully saturated rings. The number of ether oxygens (including phenoxy) is 1. The Morgan fingerprint density at radius 3 is 2.36 bits per heavy atom. The molecule has 0 aliphatic carbocycles. The Kier molecular flexibility index (Phi) is 10.0. The number of nitrogens with zero attached hydrogens (tertiary/aromatic N) is 2. The largest absolute Gasteiger partial charge is 0.471 e. The van der Waals surface area contributed by atoms with Crippen molar-refractivity contribution in [1.29, 1.82) is 5.26 Å². The molecule has 0 aromatic carbocycles. The van der Waals surface area contributed by atoms with Crippen LogP contribution < -0.4 is 16.0 Å². The molecule has 220 valence electrons. The van der Waals surface area contributed by atoms with E-state index >= 15 is 0 Å². The van der Waals surface area contributed by atoms with Crippen molar-refractivity contribution in [1.82, 2.24) is 20.9 Å². The van der Waals surface area contributed by atoms with E-state index in [1.807, 2.05) is 19.9 Å². The van der Waals surface area contributed by atoms with Crippen LogP contribution in [0.4, 0.5) is 13.2 Å². The fourth-order valence-corrected chi connectivity index (χ4v) is 5.12. The van der Waals surface area contributed by atoms with Crippen LogP contribution >= 0.6 is 0 Å². The lowest BCUT2D eigenvalue weighted by Gasteiger charge is -2.35. The van der Waals surface area contributed by atoms with E-state index in [0.29, 0.717) is 13.0 Å². The Labute approximate surface area is 227 Å². The van der Waals surface area contributed by atoms with Gasteiger partial charge in [0.05, 0.1) is 17.8 Å². The Morgan fingerprint density at radius 1 is 1.23 bits per heavy atom. The molecule has 2 saturated heterocycles. The van der Waals surface area contributed by atoms with E-state index in [-0.39, 0.29) is 18.9 Å². The molecule has 0 saturated carbocycles. The smallest absolute Gasteiger partial charge is 0.370 e. The first kappa shape index (κ1) is 32.3. The van der Waals surface area contributed by atoms with Crippen molar-refractivity contribution in [3.63, 3.8) is 0 Å². The lowest BCUT2D eigenvalue weighted by Crippen LogP contribution is -2.60. The number of nitrogens with one attached hydrogen (secondary N) is 3. The molecule has 2 heterocycles. The molecule has 0 bridgehead atoms. The average Bonchev–Trinajstić information content (AvgIpc) is 3.04.